The number of rotatable bonds is 9. The number of aliphatic imine (C=N–C) groups is 1. The second kappa shape index (κ2) is 11.4. The summed E-state index contributed by atoms with van der Waals surface area (Å²) in [6.07, 6.45) is -3.47. The smallest absolute Gasteiger partial charge is 0.357 e. The van der Waals surface area contributed by atoms with E-state index in [9.17, 15) is 13.2 Å². The van der Waals surface area contributed by atoms with Gasteiger partial charge in [0.25, 0.3) is 0 Å². The van der Waals surface area contributed by atoms with Crippen molar-refractivity contribution in [2.24, 2.45) is 4.99 Å². The number of likely N-dealkylation sites (tertiary alicyclic amines) is 1. The molecule has 0 saturated carbocycles. The molecule has 0 spiro atoms. The van der Waals surface area contributed by atoms with E-state index in [1.807, 2.05) is 6.92 Å². The van der Waals surface area contributed by atoms with Gasteiger partial charge in [-0.3, -0.25) is 9.80 Å². The van der Waals surface area contributed by atoms with Crippen LogP contribution in [0.15, 0.2) is 29.3 Å². The predicted octanol–water partition coefficient (Wildman–Crippen LogP) is 3.22. The largest absolute Gasteiger partial charge is 0.401 e. The third-order valence-electron chi connectivity index (χ3n) is 5.10. The van der Waals surface area contributed by atoms with Gasteiger partial charge in [-0.2, -0.15) is 13.2 Å². The first-order valence-electron chi connectivity index (χ1n) is 10.5. The average Bonchev–Trinajstić information content (AvgIpc) is 3.10. The van der Waals surface area contributed by atoms with E-state index in [1.54, 1.807) is 0 Å². The normalized spacial score (nSPS) is 18.4. The number of benzene rings is 1. The first kappa shape index (κ1) is 23.5. The summed E-state index contributed by atoms with van der Waals surface area (Å²) in [4.78, 5) is 8.42. The molecular formula is C21H34F3N5. The van der Waals surface area contributed by atoms with Gasteiger partial charge in [-0.05, 0) is 37.6 Å². The summed E-state index contributed by atoms with van der Waals surface area (Å²) >= 11 is 0. The molecule has 8 heteroatoms. The first-order valence-corrected chi connectivity index (χ1v) is 10.5. The van der Waals surface area contributed by atoms with Crippen molar-refractivity contribution in [2.45, 2.75) is 52.5 Å². The Kier molecular flexibility index (Phi) is 9.23. The number of hydrogen-bond donors (Lipinski definition) is 2. The summed E-state index contributed by atoms with van der Waals surface area (Å²) < 4.78 is 37.7. The topological polar surface area (TPSA) is 42.9 Å². The molecule has 1 aliphatic heterocycles. The summed E-state index contributed by atoms with van der Waals surface area (Å²) in [7, 11) is 0. The molecule has 1 saturated heterocycles. The molecule has 0 aromatic heterocycles. The fraction of sp³-hybridized carbons (Fsp3) is 0.667. The second-order valence-corrected chi connectivity index (χ2v) is 7.45. The van der Waals surface area contributed by atoms with Gasteiger partial charge in [0.2, 0.25) is 0 Å². The van der Waals surface area contributed by atoms with Crippen LogP contribution in [0.5, 0.6) is 0 Å². The van der Waals surface area contributed by atoms with Crippen LogP contribution in [0.3, 0.4) is 0 Å². The van der Waals surface area contributed by atoms with E-state index in [-0.39, 0.29) is 6.04 Å². The lowest BCUT2D eigenvalue weighted by molar-refractivity contribution is -0.143. The van der Waals surface area contributed by atoms with Crippen molar-refractivity contribution in [1.29, 1.82) is 0 Å². The van der Waals surface area contributed by atoms with E-state index < -0.39 is 12.7 Å². The van der Waals surface area contributed by atoms with Crippen LogP contribution in [0.4, 0.5) is 13.2 Å². The number of alkyl halides is 3. The third kappa shape index (κ3) is 8.62. The van der Waals surface area contributed by atoms with Gasteiger partial charge >= 0.3 is 6.18 Å². The van der Waals surface area contributed by atoms with Crippen molar-refractivity contribution in [3.05, 3.63) is 35.4 Å². The SMILES string of the molecule is CCNC(=NCc1ccc(CN(CC)CC)cc1)NC1CCN(CC(F)(F)F)C1. The molecule has 1 heterocycles. The fourth-order valence-corrected chi connectivity index (χ4v) is 3.49. The maximum atomic E-state index is 12.6. The van der Waals surface area contributed by atoms with Crippen LogP contribution in [0, 0.1) is 0 Å². The molecule has 0 aliphatic carbocycles. The van der Waals surface area contributed by atoms with Crippen molar-refractivity contribution < 1.29 is 13.2 Å². The van der Waals surface area contributed by atoms with Gasteiger partial charge in [0.05, 0.1) is 13.1 Å². The standard InChI is InChI=1S/C21H34F3N5/c1-4-25-20(27-19-11-12-29(15-19)16-21(22,23)24)26-13-17-7-9-18(10-8-17)14-28(5-2)6-3/h7-10,19H,4-6,11-16H2,1-3H3,(H2,25,26,27). The van der Waals surface area contributed by atoms with Gasteiger partial charge in [-0.1, -0.05) is 38.1 Å². The molecule has 1 atom stereocenters. The predicted molar refractivity (Wildman–Crippen MR) is 112 cm³/mol. The van der Waals surface area contributed by atoms with Crippen molar-refractivity contribution in [3.8, 4) is 0 Å². The maximum Gasteiger partial charge on any atom is 0.401 e. The van der Waals surface area contributed by atoms with Crippen LogP contribution in [0.25, 0.3) is 0 Å². The minimum atomic E-state index is -4.15. The maximum absolute atomic E-state index is 12.6. The first-order chi connectivity index (χ1) is 13.8. The van der Waals surface area contributed by atoms with Crippen LogP contribution in [0.2, 0.25) is 0 Å². The lowest BCUT2D eigenvalue weighted by atomic mass is 10.1. The molecule has 1 unspecified atom stereocenters. The van der Waals surface area contributed by atoms with Crippen LogP contribution in [-0.4, -0.2) is 67.2 Å². The van der Waals surface area contributed by atoms with Gasteiger partial charge < -0.3 is 10.6 Å². The number of nitrogens with one attached hydrogen (secondary N) is 2. The molecule has 2 rings (SSSR count). The summed E-state index contributed by atoms with van der Waals surface area (Å²) in [5, 5.41) is 6.47. The van der Waals surface area contributed by atoms with Crippen molar-refractivity contribution in [1.82, 2.24) is 20.4 Å². The Morgan fingerprint density at radius 2 is 1.79 bits per heavy atom. The van der Waals surface area contributed by atoms with Gasteiger partial charge in [-0.15, -0.1) is 0 Å². The fourth-order valence-electron chi connectivity index (χ4n) is 3.49. The zero-order valence-corrected chi connectivity index (χ0v) is 17.7. The minimum Gasteiger partial charge on any atom is -0.357 e. The van der Waals surface area contributed by atoms with E-state index in [0.717, 1.165) is 25.2 Å². The molecule has 2 N–H and O–H groups in total. The van der Waals surface area contributed by atoms with E-state index >= 15 is 0 Å². The highest BCUT2D eigenvalue weighted by Crippen LogP contribution is 2.20. The van der Waals surface area contributed by atoms with Crippen LogP contribution < -0.4 is 10.6 Å². The van der Waals surface area contributed by atoms with E-state index in [0.29, 0.717) is 38.6 Å². The highest BCUT2D eigenvalue weighted by atomic mass is 19.4. The number of guanidine groups is 1. The van der Waals surface area contributed by atoms with Gasteiger partial charge in [0.1, 0.15) is 0 Å². The number of nitrogens with zero attached hydrogens (tertiary/aromatic N) is 3. The Balaban J connectivity index is 1.89. The van der Waals surface area contributed by atoms with Gasteiger partial charge in [0.15, 0.2) is 5.96 Å². The lowest BCUT2D eigenvalue weighted by Gasteiger charge is -2.20. The van der Waals surface area contributed by atoms with Crippen LogP contribution >= 0.6 is 0 Å². The molecule has 0 radical (unpaired) electrons. The highest BCUT2D eigenvalue weighted by Gasteiger charge is 2.34. The Hall–Kier alpha value is -1.80. The zero-order chi connectivity index (χ0) is 21.3. The monoisotopic (exact) mass is 413 g/mol. The summed E-state index contributed by atoms with van der Waals surface area (Å²) in [5.41, 5.74) is 2.39. The quantitative estimate of drug-likeness (QED) is 0.482. The number of halogens is 3. The Labute approximate surface area is 172 Å². The Bertz CT molecular complexity index is 626. The molecule has 1 aliphatic rings. The van der Waals surface area contributed by atoms with Crippen molar-refractivity contribution in [2.75, 3.05) is 39.3 Å². The number of hydrogen-bond acceptors (Lipinski definition) is 3. The van der Waals surface area contributed by atoms with E-state index in [4.69, 9.17) is 0 Å². The second-order valence-electron chi connectivity index (χ2n) is 7.45. The molecule has 1 aromatic rings. The van der Waals surface area contributed by atoms with E-state index in [2.05, 4.69) is 58.6 Å². The Morgan fingerprint density at radius 1 is 1.14 bits per heavy atom. The van der Waals surface area contributed by atoms with E-state index in [1.165, 1.54) is 10.5 Å². The molecule has 1 fully saturated rings. The summed E-state index contributed by atoms with van der Waals surface area (Å²) in [6, 6.07) is 8.43. The van der Waals surface area contributed by atoms with Crippen LogP contribution in [0.1, 0.15) is 38.3 Å². The summed E-state index contributed by atoms with van der Waals surface area (Å²) in [6.45, 7) is 10.5. The lowest BCUT2D eigenvalue weighted by Crippen LogP contribution is -2.45. The molecule has 0 amide bonds. The van der Waals surface area contributed by atoms with Crippen molar-refractivity contribution >= 4 is 5.96 Å². The molecule has 164 valence electrons. The zero-order valence-electron chi connectivity index (χ0n) is 17.7. The molecule has 0 bridgehead atoms. The van der Waals surface area contributed by atoms with Crippen molar-refractivity contribution in [3.63, 3.8) is 0 Å². The molecular weight excluding hydrogens is 379 g/mol. The molecule has 1 aromatic carbocycles. The molecule has 5 nitrogen and oxygen atoms in total. The van der Waals surface area contributed by atoms with Gasteiger partial charge in [-0.25, -0.2) is 4.99 Å². The summed E-state index contributed by atoms with van der Waals surface area (Å²) in [5.74, 6) is 0.651. The average molecular weight is 414 g/mol. The third-order valence-corrected chi connectivity index (χ3v) is 5.10. The Morgan fingerprint density at radius 3 is 2.38 bits per heavy atom. The van der Waals surface area contributed by atoms with Crippen LogP contribution in [-0.2, 0) is 13.1 Å². The molecule has 29 heavy (non-hydrogen) atoms. The minimum absolute atomic E-state index is 0.0217. The van der Waals surface area contributed by atoms with Gasteiger partial charge in [0, 0.05) is 32.2 Å². The highest BCUT2D eigenvalue weighted by molar-refractivity contribution is 5.80.